The Labute approximate surface area is 122 Å². The number of aryl methyl sites for hydroxylation is 1. The molecule has 0 aliphatic carbocycles. The summed E-state index contributed by atoms with van der Waals surface area (Å²) in [5.41, 5.74) is 3.31. The van der Waals surface area contributed by atoms with Crippen LogP contribution in [0.3, 0.4) is 0 Å². The van der Waals surface area contributed by atoms with Crippen molar-refractivity contribution in [1.29, 1.82) is 0 Å². The van der Waals surface area contributed by atoms with E-state index in [9.17, 15) is 4.39 Å². The van der Waals surface area contributed by atoms with Crippen molar-refractivity contribution in [3.63, 3.8) is 0 Å². The second kappa shape index (κ2) is 6.83. The van der Waals surface area contributed by atoms with Crippen LogP contribution in [0, 0.1) is 5.82 Å². The van der Waals surface area contributed by atoms with Gasteiger partial charge in [0.1, 0.15) is 5.82 Å². The minimum atomic E-state index is -0.175. The van der Waals surface area contributed by atoms with Gasteiger partial charge in [-0.2, -0.15) is 0 Å². The fourth-order valence-corrected chi connectivity index (χ4v) is 2.40. The van der Waals surface area contributed by atoms with Gasteiger partial charge in [0.15, 0.2) is 0 Å². The summed E-state index contributed by atoms with van der Waals surface area (Å²) in [5, 5.41) is 3.30. The van der Waals surface area contributed by atoms with Gasteiger partial charge in [-0.05, 0) is 29.7 Å². The van der Waals surface area contributed by atoms with Gasteiger partial charge in [0, 0.05) is 23.1 Å². The van der Waals surface area contributed by atoms with E-state index in [0.717, 1.165) is 17.4 Å². The number of benzene rings is 2. The first-order valence-electron chi connectivity index (χ1n) is 6.42. The molecule has 0 aliphatic heterocycles. The smallest absolute Gasteiger partial charge is 0.128 e. The van der Waals surface area contributed by atoms with Crippen LogP contribution in [0.4, 0.5) is 4.39 Å². The van der Waals surface area contributed by atoms with E-state index in [-0.39, 0.29) is 5.82 Å². The first-order valence-corrected chi connectivity index (χ1v) is 7.21. The maximum absolute atomic E-state index is 13.7. The molecule has 0 saturated heterocycles. The van der Waals surface area contributed by atoms with E-state index < -0.39 is 0 Å². The summed E-state index contributed by atoms with van der Waals surface area (Å²) in [6.07, 6.45) is 1.02. The molecule has 0 aliphatic rings. The topological polar surface area (TPSA) is 12.0 Å². The lowest BCUT2D eigenvalue weighted by molar-refractivity contribution is 0.586. The van der Waals surface area contributed by atoms with Crippen LogP contribution in [0.25, 0.3) is 0 Å². The average molecular weight is 322 g/mol. The summed E-state index contributed by atoms with van der Waals surface area (Å²) in [5.74, 6) is -0.175. The first kappa shape index (κ1) is 14.2. The third-order valence-electron chi connectivity index (χ3n) is 3.15. The fraction of sp³-hybridized carbons (Fsp3) is 0.250. The molecule has 0 saturated carbocycles. The summed E-state index contributed by atoms with van der Waals surface area (Å²) in [6.45, 7) is 3.45. The zero-order valence-corrected chi connectivity index (χ0v) is 12.5. The van der Waals surface area contributed by atoms with Crippen molar-refractivity contribution < 1.29 is 4.39 Å². The van der Waals surface area contributed by atoms with E-state index in [4.69, 9.17) is 0 Å². The number of hydrogen-bond acceptors (Lipinski definition) is 1. The molecule has 0 atom stereocenters. The van der Waals surface area contributed by atoms with Crippen LogP contribution in [0.1, 0.15) is 23.6 Å². The first-order chi connectivity index (χ1) is 9.20. The Kier molecular flexibility index (Phi) is 5.11. The van der Waals surface area contributed by atoms with Crippen LogP contribution in [0.2, 0.25) is 0 Å². The normalized spacial score (nSPS) is 10.7. The summed E-state index contributed by atoms with van der Waals surface area (Å²) in [4.78, 5) is 0. The van der Waals surface area contributed by atoms with Gasteiger partial charge in [0.2, 0.25) is 0 Å². The van der Waals surface area contributed by atoms with Gasteiger partial charge in [0.25, 0.3) is 0 Å². The molecule has 0 bridgehead atoms. The summed E-state index contributed by atoms with van der Waals surface area (Å²) in [6, 6.07) is 13.5. The van der Waals surface area contributed by atoms with E-state index in [1.54, 1.807) is 6.07 Å². The van der Waals surface area contributed by atoms with Crippen molar-refractivity contribution in [2.75, 3.05) is 0 Å². The third-order valence-corrected chi connectivity index (χ3v) is 3.64. The summed E-state index contributed by atoms with van der Waals surface area (Å²) in [7, 11) is 0. The number of nitrogens with one attached hydrogen (secondary N) is 1. The molecule has 1 nitrogen and oxygen atoms in total. The second-order valence-electron chi connectivity index (χ2n) is 4.46. The SMILES string of the molecule is CCc1ccccc1CNCc1ccc(Br)cc1F. The van der Waals surface area contributed by atoms with Crippen LogP contribution in [0.5, 0.6) is 0 Å². The molecule has 0 fully saturated rings. The average Bonchev–Trinajstić information content (AvgIpc) is 2.42. The molecule has 19 heavy (non-hydrogen) atoms. The molecule has 0 heterocycles. The van der Waals surface area contributed by atoms with Gasteiger partial charge < -0.3 is 5.32 Å². The maximum Gasteiger partial charge on any atom is 0.128 e. The predicted octanol–water partition coefficient (Wildman–Crippen LogP) is 4.44. The van der Waals surface area contributed by atoms with Crippen molar-refractivity contribution in [3.05, 3.63) is 69.4 Å². The van der Waals surface area contributed by atoms with Gasteiger partial charge in [-0.3, -0.25) is 0 Å². The molecule has 0 unspecified atom stereocenters. The summed E-state index contributed by atoms with van der Waals surface area (Å²) >= 11 is 3.26. The highest BCUT2D eigenvalue weighted by Crippen LogP contribution is 2.15. The molecular weight excluding hydrogens is 305 g/mol. The third kappa shape index (κ3) is 3.88. The predicted molar refractivity (Wildman–Crippen MR) is 80.5 cm³/mol. The van der Waals surface area contributed by atoms with Crippen LogP contribution in [-0.4, -0.2) is 0 Å². The molecule has 0 spiro atoms. The van der Waals surface area contributed by atoms with Gasteiger partial charge >= 0.3 is 0 Å². The molecule has 2 rings (SSSR count). The zero-order valence-electron chi connectivity index (χ0n) is 10.9. The maximum atomic E-state index is 13.7. The van der Waals surface area contributed by atoms with E-state index in [1.807, 2.05) is 12.1 Å². The van der Waals surface area contributed by atoms with Crippen LogP contribution in [-0.2, 0) is 19.5 Å². The standard InChI is InChI=1S/C16H17BrFN/c1-2-12-5-3-4-6-13(12)10-19-11-14-7-8-15(17)9-16(14)18/h3-9,19H,2,10-11H2,1H3. The largest absolute Gasteiger partial charge is 0.309 e. The molecular formula is C16H17BrFN. The second-order valence-corrected chi connectivity index (χ2v) is 5.38. The Morgan fingerprint density at radius 3 is 2.37 bits per heavy atom. The molecule has 0 amide bonds. The van der Waals surface area contributed by atoms with E-state index in [2.05, 4.69) is 46.4 Å². The Morgan fingerprint density at radius 2 is 1.68 bits per heavy atom. The highest BCUT2D eigenvalue weighted by atomic mass is 79.9. The van der Waals surface area contributed by atoms with Crippen LogP contribution in [0.15, 0.2) is 46.9 Å². The van der Waals surface area contributed by atoms with Crippen molar-refractivity contribution in [2.24, 2.45) is 0 Å². The zero-order chi connectivity index (χ0) is 13.7. The van der Waals surface area contributed by atoms with Crippen molar-refractivity contribution in [2.45, 2.75) is 26.4 Å². The van der Waals surface area contributed by atoms with Gasteiger partial charge in [-0.1, -0.05) is 53.2 Å². The Hall–Kier alpha value is -1.19. The summed E-state index contributed by atoms with van der Waals surface area (Å²) < 4.78 is 14.4. The molecule has 1 N–H and O–H groups in total. The minimum absolute atomic E-state index is 0.175. The van der Waals surface area contributed by atoms with Gasteiger partial charge in [-0.15, -0.1) is 0 Å². The lowest BCUT2D eigenvalue weighted by Gasteiger charge is -2.10. The molecule has 2 aromatic rings. The molecule has 100 valence electrons. The highest BCUT2D eigenvalue weighted by Gasteiger charge is 2.03. The quantitative estimate of drug-likeness (QED) is 0.858. The minimum Gasteiger partial charge on any atom is -0.309 e. The molecule has 0 radical (unpaired) electrons. The fourth-order valence-electron chi connectivity index (χ4n) is 2.07. The molecule has 3 heteroatoms. The van der Waals surface area contributed by atoms with Crippen molar-refractivity contribution >= 4 is 15.9 Å². The van der Waals surface area contributed by atoms with Crippen molar-refractivity contribution in [3.8, 4) is 0 Å². The van der Waals surface area contributed by atoms with E-state index in [0.29, 0.717) is 12.1 Å². The highest BCUT2D eigenvalue weighted by molar-refractivity contribution is 9.10. The number of hydrogen-bond donors (Lipinski definition) is 1. The van der Waals surface area contributed by atoms with Gasteiger partial charge in [0.05, 0.1) is 0 Å². The van der Waals surface area contributed by atoms with Crippen LogP contribution >= 0.6 is 15.9 Å². The molecule has 2 aromatic carbocycles. The van der Waals surface area contributed by atoms with Crippen LogP contribution < -0.4 is 5.32 Å². The monoisotopic (exact) mass is 321 g/mol. The van der Waals surface area contributed by atoms with E-state index >= 15 is 0 Å². The lowest BCUT2D eigenvalue weighted by atomic mass is 10.1. The van der Waals surface area contributed by atoms with Gasteiger partial charge in [-0.25, -0.2) is 4.39 Å². The molecule has 0 aromatic heterocycles. The number of rotatable bonds is 5. The Morgan fingerprint density at radius 1 is 1.00 bits per heavy atom. The Bertz CT molecular complexity index is 554. The van der Waals surface area contributed by atoms with Crippen molar-refractivity contribution in [1.82, 2.24) is 5.32 Å². The Balaban J connectivity index is 1.96. The lowest BCUT2D eigenvalue weighted by Crippen LogP contribution is -2.14. The van der Waals surface area contributed by atoms with E-state index in [1.165, 1.54) is 17.2 Å². The number of halogens is 2.